The van der Waals surface area contributed by atoms with E-state index in [1.807, 2.05) is 54.6 Å². The summed E-state index contributed by atoms with van der Waals surface area (Å²) in [5.74, 6) is 0.556. The van der Waals surface area contributed by atoms with Crippen molar-refractivity contribution in [2.24, 2.45) is 0 Å². The van der Waals surface area contributed by atoms with E-state index in [0.717, 1.165) is 16.9 Å². The van der Waals surface area contributed by atoms with Crippen LogP contribution in [0.25, 0.3) is 11.1 Å². The van der Waals surface area contributed by atoms with Crippen molar-refractivity contribution in [2.45, 2.75) is 20.0 Å². The highest BCUT2D eigenvalue weighted by Gasteiger charge is 2.18. The van der Waals surface area contributed by atoms with Gasteiger partial charge in [-0.2, -0.15) is 0 Å². The summed E-state index contributed by atoms with van der Waals surface area (Å²) >= 11 is 3.44. The number of carbonyl (C=O) groups excluding carboxylic acids is 1. The van der Waals surface area contributed by atoms with E-state index in [-0.39, 0.29) is 18.3 Å². The van der Waals surface area contributed by atoms with Crippen molar-refractivity contribution in [3.8, 4) is 22.8 Å². The highest BCUT2D eigenvalue weighted by atomic mass is 79.9. The number of hydrogen-bond donors (Lipinski definition) is 0. The Balaban J connectivity index is 1.82. The molecule has 0 atom stereocenters. The first-order chi connectivity index (χ1) is 12.2. The molecule has 2 aromatic carbocycles. The predicted molar refractivity (Wildman–Crippen MR) is 98.5 cm³/mol. The molecule has 3 aromatic rings. The van der Waals surface area contributed by atoms with Crippen LogP contribution in [0, 0.1) is 0 Å². The summed E-state index contributed by atoms with van der Waals surface area (Å²) in [6, 6.07) is 17.5. The summed E-state index contributed by atoms with van der Waals surface area (Å²) < 4.78 is 17.2. The fourth-order valence-electron chi connectivity index (χ4n) is 2.31. The van der Waals surface area contributed by atoms with Crippen molar-refractivity contribution in [2.75, 3.05) is 0 Å². The van der Waals surface area contributed by atoms with Gasteiger partial charge in [0.1, 0.15) is 18.6 Å². The lowest BCUT2D eigenvalue weighted by atomic mass is 10.1. The molecule has 1 aromatic heterocycles. The third-order valence-electron chi connectivity index (χ3n) is 3.58. The van der Waals surface area contributed by atoms with Crippen molar-refractivity contribution >= 4 is 21.9 Å². The van der Waals surface area contributed by atoms with Crippen molar-refractivity contribution in [3.05, 3.63) is 70.9 Å². The quantitative estimate of drug-likeness (QED) is 0.505. The molecular formula is C20H17BrO4. The van der Waals surface area contributed by atoms with E-state index in [4.69, 9.17) is 13.9 Å². The molecule has 128 valence electrons. The lowest BCUT2D eigenvalue weighted by molar-refractivity contribution is -0.135. The Morgan fingerprint density at radius 2 is 1.92 bits per heavy atom. The molecule has 1 heterocycles. The zero-order valence-electron chi connectivity index (χ0n) is 13.7. The number of rotatable bonds is 6. The smallest absolute Gasteiger partial charge is 0.313 e. The van der Waals surface area contributed by atoms with E-state index < -0.39 is 0 Å². The molecule has 0 fully saturated rings. The van der Waals surface area contributed by atoms with Crippen LogP contribution in [0.5, 0.6) is 11.7 Å². The van der Waals surface area contributed by atoms with Gasteiger partial charge in [0.05, 0.1) is 10.0 Å². The van der Waals surface area contributed by atoms with Gasteiger partial charge in [0, 0.05) is 6.42 Å². The topological polar surface area (TPSA) is 48.7 Å². The van der Waals surface area contributed by atoms with Gasteiger partial charge < -0.3 is 13.9 Å². The molecule has 0 aliphatic heterocycles. The van der Waals surface area contributed by atoms with Crippen LogP contribution in [0.15, 0.2) is 69.8 Å². The van der Waals surface area contributed by atoms with Crippen molar-refractivity contribution in [1.29, 1.82) is 0 Å². The molecular weight excluding hydrogens is 384 g/mol. The van der Waals surface area contributed by atoms with E-state index >= 15 is 0 Å². The number of carbonyl (C=O) groups is 1. The minimum absolute atomic E-state index is 0.180. The Morgan fingerprint density at radius 1 is 1.12 bits per heavy atom. The van der Waals surface area contributed by atoms with Gasteiger partial charge in [-0.25, -0.2) is 0 Å². The van der Waals surface area contributed by atoms with Crippen LogP contribution in [-0.4, -0.2) is 5.97 Å². The number of esters is 1. The molecule has 5 heteroatoms. The SMILES string of the molecule is CCC(=O)Oc1occ(Br)c1-c1cccc(OCc2ccccc2)c1. The number of ether oxygens (including phenoxy) is 2. The van der Waals surface area contributed by atoms with Crippen LogP contribution < -0.4 is 9.47 Å². The van der Waals surface area contributed by atoms with Gasteiger partial charge in [0.15, 0.2) is 0 Å². The van der Waals surface area contributed by atoms with Crippen molar-refractivity contribution < 1.29 is 18.7 Å². The number of benzene rings is 2. The fraction of sp³-hybridized carbons (Fsp3) is 0.150. The normalized spacial score (nSPS) is 10.5. The highest BCUT2D eigenvalue weighted by molar-refractivity contribution is 9.10. The predicted octanol–water partition coefficient (Wildman–Crippen LogP) is 5.60. The average molecular weight is 401 g/mol. The summed E-state index contributed by atoms with van der Waals surface area (Å²) in [7, 11) is 0. The van der Waals surface area contributed by atoms with E-state index in [1.165, 1.54) is 6.26 Å². The Morgan fingerprint density at radius 3 is 2.68 bits per heavy atom. The maximum absolute atomic E-state index is 11.6. The van der Waals surface area contributed by atoms with Gasteiger partial charge in [0.25, 0.3) is 0 Å². The molecule has 0 unspecified atom stereocenters. The Labute approximate surface area is 154 Å². The number of halogens is 1. The first-order valence-electron chi connectivity index (χ1n) is 7.92. The zero-order chi connectivity index (χ0) is 17.6. The van der Waals surface area contributed by atoms with Gasteiger partial charge >= 0.3 is 11.9 Å². The average Bonchev–Trinajstić information content (AvgIpc) is 3.01. The minimum Gasteiger partial charge on any atom is -0.489 e. The van der Waals surface area contributed by atoms with E-state index in [2.05, 4.69) is 15.9 Å². The highest BCUT2D eigenvalue weighted by Crippen LogP contribution is 2.40. The summed E-state index contributed by atoms with van der Waals surface area (Å²) in [6.07, 6.45) is 1.78. The van der Waals surface area contributed by atoms with Crippen LogP contribution >= 0.6 is 15.9 Å². The maximum Gasteiger partial charge on any atom is 0.313 e. The third-order valence-corrected chi connectivity index (χ3v) is 4.16. The van der Waals surface area contributed by atoms with Crippen molar-refractivity contribution in [1.82, 2.24) is 0 Å². The molecule has 0 aliphatic carbocycles. The Hall–Kier alpha value is -2.53. The number of furan rings is 1. The number of hydrogen-bond acceptors (Lipinski definition) is 4. The minimum atomic E-state index is -0.348. The largest absolute Gasteiger partial charge is 0.489 e. The monoisotopic (exact) mass is 400 g/mol. The molecule has 25 heavy (non-hydrogen) atoms. The second kappa shape index (κ2) is 8.03. The zero-order valence-corrected chi connectivity index (χ0v) is 15.3. The second-order valence-corrected chi connectivity index (χ2v) is 6.23. The lowest BCUT2D eigenvalue weighted by Crippen LogP contribution is -2.05. The first kappa shape index (κ1) is 17.3. The molecule has 0 saturated carbocycles. The summed E-state index contributed by atoms with van der Waals surface area (Å²) in [6.45, 7) is 2.21. The molecule has 0 bridgehead atoms. The van der Waals surface area contributed by atoms with E-state index in [0.29, 0.717) is 16.6 Å². The molecule has 0 saturated heterocycles. The Bertz CT molecular complexity index is 855. The van der Waals surface area contributed by atoms with Gasteiger partial charge in [0.2, 0.25) is 0 Å². The summed E-state index contributed by atoms with van der Waals surface area (Å²) in [5.41, 5.74) is 2.62. The van der Waals surface area contributed by atoms with E-state index in [1.54, 1.807) is 6.92 Å². The standard InChI is InChI=1S/C20H17BrO4/c1-2-18(22)25-20-19(17(21)13-24-20)15-9-6-10-16(11-15)23-12-14-7-4-3-5-8-14/h3-11,13H,2,12H2,1H3. The first-order valence-corrected chi connectivity index (χ1v) is 8.71. The van der Waals surface area contributed by atoms with Gasteiger partial charge in [-0.1, -0.05) is 49.4 Å². The molecule has 0 aliphatic rings. The van der Waals surface area contributed by atoms with Crippen molar-refractivity contribution in [3.63, 3.8) is 0 Å². The third kappa shape index (κ3) is 4.31. The molecule has 0 radical (unpaired) electrons. The second-order valence-electron chi connectivity index (χ2n) is 5.38. The molecule has 3 rings (SSSR count). The van der Waals surface area contributed by atoms with Crippen LogP contribution in [-0.2, 0) is 11.4 Å². The molecule has 4 nitrogen and oxygen atoms in total. The molecule has 0 spiro atoms. The Kier molecular flexibility index (Phi) is 5.56. The van der Waals surface area contributed by atoms with Crippen LogP contribution in [0.3, 0.4) is 0 Å². The van der Waals surface area contributed by atoms with Gasteiger partial charge in [-0.05, 0) is 39.2 Å². The van der Waals surface area contributed by atoms with E-state index in [9.17, 15) is 4.79 Å². The van der Waals surface area contributed by atoms with Crippen LogP contribution in [0.2, 0.25) is 0 Å². The lowest BCUT2D eigenvalue weighted by Gasteiger charge is -2.09. The summed E-state index contributed by atoms with van der Waals surface area (Å²) in [5, 5.41) is 0. The molecule has 0 amide bonds. The summed E-state index contributed by atoms with van der Waals surface area (Å²) in [4.78, 5) is 11.6. The maximum atomic E-state index is 11.6. The van der Waals surface area contributed by atoms with Gasteiger partial charge in [-0.15, -0.1) is 0 Å². The van der Waals surface area contributed by atoms with Crippen LogP contribution in [0.4, 0.5) is 0 Å². The van der Waals surface area contributed by atoms with Gasteiger partial charge in [-0.3, -0.25) is 4.79 Å². The molecule has 0 N–H and O–H groups in total. The fourth-order valence-corrected chi connectivity index (χ4v) is 2.79. The van der Waals surface area contributed by atoms with Crippen LogP contribution in [0.1, 0.15) is 18.9 Å².